The van der Waals surface area contributed by atoms with Gasteiger partial charge in [-0.2, -0.15) is 0 Å². The second kappa shape index (κ2) is 4.44. The summed E-state index contributed by atoms with van der Waals surface area (Å²) in [7, 11) is 0. The molecule has 5 nitrogen and oxygen atoms in total. The van der Waals surface area contributed by atoms with Crippen molar-refractivity contribution in [3.05, 3.63) is 47.8 Å². The van der Waals surface area contributed by atoms with Gasteiger partial charge in [0, 0.05) is 12.7 Å². The molecule has 0 bridgehead atoms. The molecule has 0 spiro atoms. The Morgan fingerprint density at radius 1 is 1.28 bits per heavy atom. The summed E-state index contributed by atoms with van der Waals surface area (Å²) >= 11 is 0. The van der Waals surface area contributed by atoms with Crippen LogP contribution in [0, 0.1) is 0 Å². The van der Waals surface area contributed by atoms with Crippen LogP contribution in [0.25, 0.3) is 0 Å². The number of fused-ring (bicyclic) bond motifs is 1. The Labute approximate surface area is 104 Å². The summed E-state index contributed by atoms with van der Waals surface area (Å²) in [6.45, 7) is 0.710. The van der Waals surface area contributed by atoms with Gasteiger partial charge in [0.2, 0.25) is 6.79 Å². The third-order valence-corrected chi connectivity index (χ3v) is 2.73. The van der Waals surface area contributed by atoms with Crippen molar-refractivity contribution in [3.63, 3.8) is 0 Å². The molecule has 0 saturated heterocycles. The van der Waals surface area contributed by atoms with Gasteiger partial charge in [0.25, 0.3) is 5.91 Å². The molecule has 0 aliphatic carbocycles. The molecule has 2 heterocycles. The molecule has 1 aromatic carbocycles. The number of nitrogens with one attached hydrogen (secondary N) is 2. The molecule has 0 fully saturated rings. The van der Waals surface area contributed by atoms with Gasteiger partial charge in [-0.3, -0.25) is 4.79 Å². The Kier molecular flexibility index (Phi) is 2.64. The van der Waals surface area contributed by atoms with E-state index in [4.69, 9.17) is 9.47 Å². The topological polar surface area (TPSA) is 63.4 Å². The van der Waals surface area contributed by atoms with Crippen molar-refractivity contribution in [1.29, 1.82) is 0 Å². The van der Waals surface area contributed by atoms with E-state index in [9.17, 15) is 4.79 Å². The number of H-pyrrole nitrogens is 1. The van der Waals surface area contributed by atoms with Gasteiger partial charge in [-0.1, -0.05) is 6.07 Å². The van der Waals surface area contributed by atoms with Gasteiger partial charge in [-0.15, -0.1) is 0 Å². The maximum atomic E-state index is 11.7. The monoisotopic (exact) mass is 244 g/mol. The maximum absolute atomic E-state index is 11.7. The number of aromatic amines is 1. The molecule has 18 heavy (non-hydrogen) atoms. The normalized spacial score (nSPS) is 12.4. The van der Waals surface area contributed by atoms with Gasteiger partial charge >= 0.3 is 0 Å². The van der Waals surface area contributed by atoms with Gasteiger partial charge in [-0.05, 0) is 29.8 Å². The van der Waals surface area contributed by atoms with Crippen molar-refractivity contribution in [1.82, 2.24) is 10.3 Å². The van der Waals surface area contributed by atoms with Gasteiger partial charge in [0.15, 0.2) is 11.5 Å². The molecule has 3 rings (SSSR count). The molecule has 1 aromatic heterocycles. The summed E-state index contributed by atoms with van der Waals surface area (Å²) in [5, 5.41) is 2.83. The molecule has 1 aliphatic rings. The lowest BCUT2D eigenvalue weighted by molar-refractivity contribution is 0.0946. The van der Waals surface area contributed by atoms with Crippen molar-refractivity contribution < 1.29 is 14.3 Å². The van der Waals surface area contributed by atoms with E-state index in [1.807, 2.05) is 18.2 Å². The van der Waals surface area contributed by atoms with E-state index in [2.05, 4.69) is 10.3 Å². The third kappa shape index (κ3) is 2.02. The number of benzene rings is 1. The molecular formula is C13H12N2O3. The minimum Gasteiger partial charge on any atom is -0.454 e. The van der Waals surface area contributed by atoms with Crippen molar-refractivity contribution in [3.8, 4) is 11.5 Å². The first-order valence-corrected chi connectivity index (χ1v) is 5.63. The fraction of sp³-hybridized carbons (Fsp3) is 0.154. The highest BCUT2D eigenvalue weighted by molar-refractivity contribution is 5.92. The first-order valence-electron chi connectivity index (χ1n) is 5.63. The highest BCUT2D eigenvalue weighted by Crippen LogP contribution is 2.32. The Hall–Kier alpha value is -2.43. The number of carbonyl (C=O) groups excluding carboxylic acids is 1. The van der Waals surface area contributed by atoms with Crippen LogP contribution in [0.5, 0.6) is 11.5 Å². The largest absolute Gasteiger partial charge is 0.454 e. The van der Waals surface area contributed by atoms with E-state index >= 15 is 0 Å². The zero-order valence-corrected chi connectivity index (χ0v) is 9.60. The summed E-state index contributed by atoms with van der Waals surface area (Å²) in [6.07, 6.45) is 1.72. The van der Waals surface area contributed by atoms with Crippen LogP contribution in [-0.2, 0) is 6.54 Å². The van der Waals surface area contributed by atoms with Gasteiger partial charge in [-0.25, -0.2) is 0 Å². The fourth-order valence-corrected chi connectivity index (χ4v) is 1.80. The van der Waals surface area contributed by atoms with Crippen LogP contribution in [0.3, 0.4) is 0 Å². The van der Waals surface area contributed by atoms with Crippen LogP contribution >= 0.6 is 0 Å². The van der Waals surface area contributed by atoms with E-state index in [1.165, 1.54) is 0 Å². The lowest BCUT2D eigenvalue weighted by atomic mass is 10.2. The van der Waals surface area contributed by atoms with Crippen LogP contribution in [0.1, 0.15) is 16.1 Å². The SMILES string of the molecule is O=C(NCc1ccc2c(c1)OCO2)c1ccc[nH]1. The van der Waals surface area contributed by atoms with Crippen LogP contribution in [0.15, 0.2) is 36.5 Å². The first kappa shape index (κ1) is 10.7. The number of rotatable bonds is 3. The van der Waals surface area contributed by atoms with E-state index in [0.717, 1.165) is 17.1 Å². The zero-order valence-electron chi connectivity index (χ0n) is 9.60. The van der Waals surface area contributed by atoms with Crippen LogP contribution in [-0.4, -0.2) is 17.7 Å². The van der Waals surface area contributed by atoms with Crippen molar-refractivity contribution in [2.75, 3.05) is 6.79 Å². The lowest BCUT2D eigenvalue weighted by Crippen LogP contribution is -2.22. The predicted molar refractivity (Wildman–Crippen MR) is 64.5 cm³/mol. The van der Waals surface area contributed by atoms with Crippen molar-refractivity contribution in [2.24, 2.45) is 0 Å². The number of hydrogen-bond donors (Lipinski definition) is 2. The number of aromatic nitrogens is 1. The number of carbonyl (C=O) groups is 1. The summed E-state index contributed by atoms with van der Waals surface area (Å²) in [6, 6.07) is 9.14. The second-order valence-corrected chi connectivity index (χ2v) is 3.95. The molecule has 2 aromatic rings. The van der Waals surface area contributed by atoms with Crippen molar-refractivity contribution >= 4 is 5.91 Å². The van der Waals surface area contributed by atoms with E-state index in [0.29, 0.717) is 12.2 Å². The molecule has 92 valence electrons. The quantitative estimate of drug-likeness (QED) is 0.863. The summed E-state index contributed by atoms with van der Waals surface area (Å²) in [4.78, 5) is 14.6. The summed E-state index contributed by atoms with van der Waals surface area (Å²) in [5.74, 6) is 1.34. The van der Waals surface area contributed by atoms with Gasteiger partial charge in [0.05, 0.1) is 0 Å². The molecule has 2 N–H and O–H groups in total. The number of amides is 1. The molecule has 0 radical (unpaired) electrons. The molecule has 1 amide bonds. The van der Waals surface area contributed by atoms with E-state index in [-0.39, 0.29) is 12.7 Å². The minimum absolute atomic E-state index is 0.127. The van der Waals surface area contributed by atoms with Gasteiger partial charge in [0.1, 0.15) is 5.69 Å². The second-order valence-electron chi connectivity index (χ2n) is 3.95. The molecule has 1 aliphatic heterocycles. The van der Waals surface area contributed by atoms with E-state index in [1.54, 1.807) is 18.3 Å². The van der Waals surface area contributed by atoms with Crippen LogP contribution in [0.2, 0.25) is 0 Å². The Bertz CT molecular complexity index is 564. The first-order chi connectivity index (χ1) is 8.83. The molecular weight excluding hydrogens is 232 g/mol. The fourth-order valence-electron chi connectivity index (χ4n) is 1.80. The number of hydrogen-bond acceptors (Lipinski definition) is 3. The average Bonchev–Trinajstić information content (AvgIpc) is 3.05. The highest BCUT2D eigenvalue weighted by atomic mass is 16.7. The van der Waals surface area contributed by atoms with Crippen LogP contribution in [0.4, 0.5) is 0 Å². The third-order valence-electron chi connectivity index (χ3n) is 2.73. The minimum atomic E-state index is -0.127. The average molecular weight is 244 g/mol. The van der Waals surface area contributed by atoms with Crippen LogP contribution < -0.4 is 14.8 Å². The predicted octanol–water partition coefficient (Wildman–Crippen LogP) is 1.67. The molecule has 0 unspecified atom stereocenters. The summed E-state index contributed by atoms with van der Waals surface area (Å²) in [5.41, 5.74) is 1.52. The van der Waals surface area contributed by atoms with Crippen molar-refractivity contribution in [2.45, 2.75) is 6.54 Å². The van der Waals surface area contributed by atoms with E-state index < -0.39 is 0 Å². The standard InChI is InChI=1S/C13H12N2O3/c16-13(10-2-1-5-14-10)15-7-9-3-4-11-12(6-9)18-8-17-11/h1-6,14H,7-8H2,(H,15,16). The molecule has 0 atom stereocenters. The zero-order chi connectivity index (χ0) is 12.4. The van der Waals surface area contributed by atoms with Gasteiger partial charge < -0.3 is 19.8 Å². The summed E-state index contributed by atoms with van der Waals surface area (Å²) < 4.78 is 10.5. The Morgan fingerprint density at radius 2 is 2.17 bits per heavy atom. The Morgan fingerprint density at radius 3 is 3.00 bits per heavy atom. The highest BCUT2D eigenvalue weighted by Gasteiger charge is 2.13. The lowest BCUT2D eigenvalue weighted by Gasteiger charge is -2.05. The smallest absolute Gasteiger partial charge is 0.267 e. The maximum Gasteiger partial charge on any atom is 0.267 e. The Balaban J connectivity index is 1.65. The number of ether oxygens (including phenoxy) is 2. The molecule has 5 heteroatoms. The molecule has 0 saturated carbocycles.